The summed E-state index contributed by atoms with van der Waals surface area (Å²) < 4.78 is 2.10. The number of fused-ring (bicyclic) bond motifs is 1. The highest BCUT2D eigenvalue weighted by Crippen LogP contribution is 2.18. The Labute approximate surface area is 155 Å². The van der Waals surface area contributed by atoms with Gasteiger partial charge in [0.25, 0.3) is 0 Å². The van der Waals surface area contributed by atoms with Crippen LogP contribution in [0, 0.1) is 0 Å². The lowest BCUT2D eigenvalue weighted by molar-refractivity contribution is -0.132. The third-order valence-electron chi connectivity index (χ3n) is 4.73. The molecule has 1 amide bonds. The molecule has 0 unspecified atom stereocenters. The van der Waals surface area contributed by atoms with E-state index in [1.54, 1.807) is 0 Å². The molecule has 136 valence electrons. The fourth-order valence-corrected chi connectivity index (χ4v) is 3.24. The summed E-state index contributed by atoms with van der Waals surface area (Å²) in [6.45, 7) is 5.90. The molecule has 0 spiro atoms. The van der Waals surface area contributed by atoms with Gasteiger partial charge < -0.3 is 9.47 Å². The van der Waals surface area contributed by atoms with Crippen LogP contribution >= 0.6 is 0 Å². The van der Waals surface area contributed by atoms with E-state index >= 15 is 0 Å². The Hall–Kier alpha value is -2.62. The Bertz CT molecular complexity index is 854. The van der Waals surface area contributed by atoms with Crippen LogP contribution in [0.1, 0.15) is 38.1 Å². The molecule has 0 N–H and O–H groups in total. The number of aryl methyl sites for hydroxylation is 1. The Morgan fingerprint density at radius 1 is 1.04 bits per heavy atom. The van der Waals surface area contributed by atoms with Gasteiger partial charge in [-0.3, -0.25) is 4.79 Å². The molecule has 3 rings (SSSR count). The summed E-state index contributed by atoms with van der Waals surface area (Å²) in [5, 5.41) is 0. The van der Waals surface area contributed by atoms with Gasteiger partial charge in [-0.2, -0.15) is 0 Å². The third-order valence-corrected chi connectivity index (χ3v) is 4.73. The van der Waals surface area contributed by atoms with E-state index < -0.39 is 0 Å². The van der Waals surface area contributed by atoms with Crippen molar-refractivity contribution < 1.29 is 4.79 Å². The molecule has 0 atom stereocenters. The third kappa shape index (κ3) is 4.13. The van der Waals surface area contributed by atoms with Crippen molar-refractivity contribution in [1.82, 2.24) is 14.5 Å². The molecular formula is C22H27N3O. The van der Waals surface area contributed by atoms with Crippen molar-refractivity contribution in [1.29, 1.82) is 0 Å². The van der Waals surface area contributed by atoms with Crippen LogP contribution in [0.15, 0.2) is 54.6 Å². The van der Waals surface area contributed by atoms with Crippen molar-refractivity contribution in [3.63, 3.8) is 0 Å². The summed E-state index contributed by atoms with van der Waals surface area (Å²) in [6, 6.07) is 18.2. The maximum Gasteiger partial charge on any atom is 0.242 e. The molecule has 4 nitrogen and oxygen atoms in total. The molecule has 1 heterocycles. The molecular weight excluding hydrogens is 322 g/mol. The van der Waals surface area contributed by atoms with Crippen molar-refractivity contribution in [3.8, 4) is 0 Å². The quantitative estimate of drug-likeness (QED) is 0.603. The standard InChI is InChI=1S/C22H27N3O/c1-3-5-15-21-23-19-13-9-10-14-20(19)25(21)17-22(26)24(4-2)16-18-11-7-6-8-12-18/h6-14H,3-5,15-17H2,1-2H3. The molecule has 0 aliphatic carbocycles. The number of nitrogens with zero attached hydrogens (tertiary/aromatic N) is 3. The molecule has 4 heteroatoms. The van der Waals surface area contributed by atoms with E-state index in [9.17, 15) is 4.79 Å². The van der Waals surface area contributed by atoms with Crippen LogP contribution < -0.4 is 0 Å². The van der Waals surface area contributed by atoms with Crippen molar-refractivity contribution in [2.45, 2.75) is 46.2 Å². The molecule has 0 radical (unpaired) electrons. The summed E-state index contributed by atoms with van der Waals surface area (Å²) in [6.07, 6.45) is 3.11. The lowest BCUT2D eigenvalue weighted by Crippen LogP contribution is -2.33. The van der Waals surface area contributed by atoms with Crippen LogP contribution in [0.4, 0.5) is 0 Å². The number of imidazole rings is 1. The number of hydrogen-bond acceptors (Lipinski definition) is 2. The minimum atomic E-state index is 0.136. The predicted octanol–water partition coefficient (Wildman–Crippen LogP) is 4.43. The number of aromatic nitrogens is 2. The minimum absolute atomic E-state index is 0.136. The molecule has 2 aromatic carbocycles. The zero-order chi connectivity index (χ0) is 18.4. The lowest BCUT2D eigenvalue weighted by Gasteiger charge is -2.22. The molecule has 0 saturated carbocycles. The van der Waals surface area contributed by atoms with E-state index in [2.05, 4.69) is 29.7 Å². The van der Waals surface area contributed by atoms with E-state index in [1.165, 1.54) is 0 Å². The summed E-state index contributed by atoms with van der Waals surface area (Å²) in [4.78, 5) is 19.7. The summed E-state index contributed by atoms with van der Waals surface area (Å²) in [5.41, 5.74) is 3.17. The number of carbonyl (C=O) groups is 1. The second-order valence-corrected chi connectivity index (χ2v) is 6.60. The van der Waals surface area contributed by atoms with E-state index in [4.69, 9.17) is 4.98 Å². The van der Waals surface area contributed by atoms with Gasteiger partial charge >= 0.3 is 0 Å². The summed E-state index contributed by atoms with van der Waals surface area (Å²) in [7, 11) is 0. The minimum Gasteiger partial charge on any atom is -0.337 e. The van der Waals surface area contributed by atoms with Crippen molar-refractivity contribution in [3.05, 3.63) is 66.0 Å². The zero-order valence-corrected chi connectivity index (χ0v) is 15.7. The number of rotatable bonds is 8. The SMILES string of the molecule is CCCCc1nc2ccccc2n1CC(=O)N(CC)Cc1ccccc1. The molecule has 0 bridgehead atoms. The Morgan fingerprint density at radius 3 is 2.50 bits per heavy atom. The van der Waals surface area contributed by atoms with Gasteiger partial charge in [0.15, 0.2) is 0 Å². The first kappa shape index (κ1) is 18.2. The van der Waals surface area contributed by atoms with Crippen molar-refractivity contribution in [2.75, 3.05) is 6.54 Å². The molecule has 0 fully saturated rings. The first-order chi connectivity index (χ1) is 12.7. The average molecular weight is 349 g/mol. The van der Waals surface area contributed by atoms with E-state index in [0.717, 1.165) is 41.7 Å². The first-order valence-corrected chi connectivity index (χ1v) is 9.48. The fourth-order valence-electron chi connectivity index (χ4n) is 3.24. The highest BCUT2D eigenvalue weighted by atomic mass is 16.2. The van der Waals surface area contributed by atoms with Crippen LogP contribution in [-0.2, 0) is 24.3 Å². The number of likely N-dealkylation sites (N-methyl/N-ethyl adjacent to an activating group) is 1. The van der Waals surface area contributed by atoms with E-state index in [0.29, 0.717) is 19.6 Å². The zero-order valence-electron chi connectivity index (χ0n) is 15.7. The highest BCUT2D eigenvalue weighted by Gasteiger charge is 2.17. The molecule has 3 aromatic rings. The number of benzene rings is 2. The van der Waals surface area contributed by atoms with Gasteiger partial charge in [-0.05, 0) is 31.0 Å². The van der Waals surface area contributed by atoms with Crippen molar-refractivity contribution in [2.24, 2.45) is 0 Å². The van der Waals surface area contributed by atoms with Crippen LogP contribution in [-0.4, -0.2) is 26.9 Å². The summed E-state index contributed by atoms with van der Waals surface area (Å²) in [5.74, 6) is 1.15. The fraction of sp³-hybridized carbons (Fsp3) is 0.364. The predicted molar refractivity (Wildman–Crippen MR) is 106 cm³/mol. The van der Waals surface area contributed by atoms with Gasteiger partial charge in [-0.25, -0.2) is 4.98 Å². The second kappa shape index (κ2) is 8.65. The molecule has 0 aliphatic heterocycles. The number of para-hydroxylation sites is 2. The van der Waals surface area contributed by atoms with Crippen LogP contribution in [0.5, 0.6) is 0 Å². The van der Waals surface area contributed by atoms with Gasteiger partial charge in [0.2, 0.25) is 5.91 Å². The van der Waals surface area contributed by atoms with Crippen molar-refractivity contribution >= 4 is 16.9 Å². The Kier molecular flexibility index (Phi) is 6.05. The second-order valence-electron chi connectivity index (χ2n) is 6.60. The first-order valence-electron chi connectivity index (χ1n) is 9.48. The molecule has 1 aromatic heterocycles. The average Bonchev–Trinajstić information content (AvgIpc) is 3.02. The van der Waals surface area contributed by atoms with Crippen LogP contribution in [0.2, 0.25) is 0 Å². The van der Waals surface area contributed by atoms with E-state index in [-0.39, 0.29) is 5.91 Å². The Balaban J connectivity index is 1.83. The van der Waals surface area contributed by atoms with Crippen LogP contribution in [0.3, 0.4) is 0 Å². The van der Waals surface area contributed by atoms with E-state index in [1.807, 2.05) is 48.2 Å². The molecule has 0 saturated heterocycles. The number of unbranched alkanes of at least 4 members (excludes halogenated alkanes) is 1. The van der Waals surface area contributed by atoms with Crippen LogP contribution in [0.25, 0.3) is 11.0 Å². The topological polar surface area (TPSA) is 38.1 Å². The van der Waals surface area contributed by atoms with Gasteiger partial charge in [0.1, 0.15) is 12.4 Å². The monoisotopic (exact) mass is 349 g/mol. The normalized spacial score (nSPS) is 11.0. The summed E-state index contributed by atoms with van der Waals surface area (Å²) >= 11 is 0. The molecule has 0 aliphatic rings. The Morgan fingerprint density at radius 2 is 1.77 bits per heavy atom. The molecule has 26 heavy (non-hydrogen) atoms. The van der Waals surface area contributed by atoms with Gasteiger partial charge in [0, 0.05) is 19.5 Å². The smallest absolute Gasteiger partial charge is 0.242 e. The number of hydrogen-bond donors (Lipinski definition) is 0. The van der Waals surface area contributed by atoms with Gasteiger partial charge in [-0.15, -0.1) is 0 Å². The number of carbonyl (C=O) groups excluding carboxylic acids is 1. The largest absolute Gasteiger partial charge is 0.337 e. The van der Waals surface area contributed by atoms with Gasteiger partial charge in [-0.1, -0.05) is 55.8 Å². The number of amides is 1. The maximum absolute atomic E-state index is 13.0. The lowest BCUT2D eigenvalue weighted by atomic mass is 10.2. The van der Waals surface area contributed by atoms with Gasteiger partial charge in [0.05, 0.1) is 11.0 Å². The maximum atomic E-state index is 13.0. The highest BCUT2D eigenvalue weighted by molar-refractivity contribution is 5.81.